The molecule has 4 rings (SSSR count). The molecule has 9 heteroatoms. The van der Waals surface area contributed by atoms with E-state index in [1.54, 1.807) is 33.4 Å². The molecule has 0 unspecified atom stereocenters. The van der Waals surface area contributed by atoms with Crippen LogP contribution < -0.4 is 18.9 Å². The molecule has 1 fully saturated rings. The van der Waals surface area contributed by atoms with Crippen molar-refractivity contribution < 1.29 is 28.5 Å². The molecule has 0 bridgehead atoms. The zero-order chi connectivity index (χ0) is 24.1. The molecule has 0 N–H and O–H groups in total. The highest BCUT2D eigenvalue weighted by molar-refractivity contribution is 6.05. The van der Waals surface area contributed by atoms with E-state index in [0.717, 1.165) is 29.9 Å². The van der Waals surface area contributed by atoms with Gasteiger partial charge in [0.1, 0.15) is 23.0 Å². The number of rotatable bonds is 8. The van der Waals surface area contributed by atoms with Crippen LogP contribution in [0.5, 0.6) is 23.0 Å². The fourth-order valence-electron chi connectivity index (χ4n) is 4.31. The molecule has 0 aliphatic carbocycles. The SMILES string of the molecule is COc1ccc(C2=NN(C(=O)CN3CCOCC3)[C@@H](c3cc(OC)ccc3OC)C2)c(OC)c1. The number of morpholine rings is 1. The van der Waals surface area contributed by atoms with Crippen LogP contribution in [0, 0.1) is 0 Å². The standard InChI is InChI=1S/C25H31N3O6/c1-30-17-6-8-23(32-3)20(13-17)22-15-21(19-7-5-18(31-2)14-24(19)33-4)26-28(22)25(29)16-27-9-11-34-12-10-27/h5-8,13-14,22H,9-12,15-16H2,1-4H3/t22-/m1/s1. The molecule has 0 saturated carbocycles. The molecule has 0 radical (unpaired) electrons. The first-order valence-corrected chi connectivity index (χ1v) is 11.2. The highest BCUT2D eigenvalue weighted by Gasteiger charge is 2.36. The van der Waals surface area contributed by atoms with Gasteiger partial charge in [-0.3, -0.25) is 9.69 Å². The normalized spacial score (nSPS) is 18.4. The van der Waals surface area contributed by atoms with Crippen molar-refractivity contribution in [2.45, 2.75) is 12.5 Å². The fraction of sp³-hybridized carbons (Fsp3) is 0.440. The maximum Gasteiger partial charge on any atom is 0.257 e. The Bertz CT molecular complexity index is 1050. The van der Waals surface area contributed by atoms with Gasteiger partial charge in [0.05, 0.1) is 60.0 Å². The quantitative estimate of drug-likeness (QED) is 0.588. The van der Waals surface area contributed by atoms with Crippen molar-refractivity contribution >= 4 is 11.6 Å². The molecule has 2 aliphatic rings. The summed E-state index contributed by atoms with van der Waals surface area (Å²) >= 11 is 0. The van der Waals surface area contributed by atoms with Gasteiger partial charge in [-0.05, 0) is 30.3 Å². The summed E-state index contributed by atoms with van der Waals surface area (Å²) < 4.78 is 27.5. The lowest BCUT2D eigenvalue weighted by Gasteiger charge is -2.29. The van der Waals surface area contributed by atoms with Gasteiger partial charge in [0.25, 0.3) is 5.91 Å². The van der Waals surface area contributed by atoms with Crippen LogP contribution in [0.4, 0.5) is 0 Å². The van der Waals surface area contributed by atoms with Crippen molar-refractivity contribution in [2.24, 2.45) is 5.10 Å². The minimum atomic E-state index is -0.347. The molecule has 34 heavy (non-hydrogen) atoms. The van der Waals surface area contributed by atoms with Crippen LogP contribution in [0.15, 0.2) is 41.5 Å². The molecule has 1 amide bonds. The summed E-state index contributed by atoms with van der Waals surface area (Å²) in [5.41, 5.74) is 2.41. The van der Waals surface area contributed by atoms with E-state index in [1.807, 2.05) is 36.4 Å². The second-order valence-corrected chi connectivity index (χ2v) is 8.07. The van der Waals surface area contributed by atoms with Crippen molar-refractivity contribution in [2.75, 3.05) is 61.3 Å². The number of hydrogen-bond donors (Lipinski definition) is 0. The van der Waals surface area contributed by atoms with Gasteiger partial charge in [-0.1, -0.05) is 0 Å². The molecule has 0 aromatic heterocycles. The summed E-state index contributed by atoms with van der Waals surface area (Å²) in [6, 6.07) is 10.8. The van der Waals surface area contributed by atoms with E-state index in [2.05, 4.69) is 4.90 Å². The van der Waals surface area contributed by atoms with Crippen molar-refractivity contribution in [3.8, 4) is 23.0 Å². The second-order valence-electron chi connectivity index (χ2n) is 8.07. The zero-order valence-electron chi connectivity index (χ0n) is 20.1. The molecule has 2 aromatic carbocycles. The molecule has 182 valence electrons. The largest absolute Gasteiger partial charge is 0.497 e. The maximum atomic E-state index is 13.5. The zero-order valence-corrected chi connectivity index (χ0v) is 20.1. The minimum Gasteiger partial charge on any atom is -0.497 e. The smallest absolute Gasteiger partial charge is 0.257 e. The number of methoxy groups -OCH3 is 4. The first-order valence-electron chi connectivity index (χ1n) is 11.2. The molecule has 2 aromatic rings. The lowest BCUT2D eigenvalue weighted by atomic mass is 9.96. The topological polar surface area (TPSA) is 82.1 Å². The highest BCUT2D eigenvalue weighted by atomic mass is 16.5. The van der Waals surface area contributed by atoms with E-state index in [1.165, 1.54) is 0 Å². The minimum absolute atomic E-state index is 0.0840. The fourth-order valence-corrected chi connectivity index (χ4v) is 4.31. The molecule has 9 nitrogen and oxygen atoms in total. The number of amides is 1. The third-order valence-electron chi connectivity index (χ3n) is 6.14. The van der Waals surface area contributed by atoms with Crippen LogP contribution in [0.25, 0.3) is 0 Å². The summed E-state index contributed by atoms with van der Waals surface area (Å²) in [5, 5.41) is 6.38. The Morgan fingerprint density at radius 2 is 1.62 bits per heavy atom. The number of carbonyl (C=O) groups excluding carboxylic acids is 1. The Morgan fingerprint density at radius 1 is 0.941 bits per heavy atom. The van der Waals surface area contributed by atoms with Gasteiger partial charge >= 0.3 is 0 Å². The summed E-state index contributed by atoms with van der Waals surface area (Å²) in [7, 11) is 6.45. The second kappa shape index (κ2) is 10.8. The van der Waals surface area contributed by atoms with Crippen molar-refractivity contribution in [3.63, 3.8) is 0 Å². The van der Waals surface area contributed by atoms with E-state index in [4.69, 9.17) is 28.8 Å². The summed E-state index contributed by atoms with van der Waals surface area (Å²) in [5.74, 6) is 2.60. The predicted molar refractivity (Wildman–Crippen MR) is 127 cm³/mol. The van der Waals surface area contributed by atoms with Gasteiger partial charge in [0, 0.05) is 36.7 Å². The number of benzene rings is 2. The van der Waals surface area contributed by atoms with Crippen molar-refractivity contribution in [3.05, 3.63) is 47.5 Å². The monoisotopic (exact) mass is 469 g/mol. The number of carbonyl (C=O) groups is 1. The summed E-state index contributed by atoms with van der Waals surface area (Å²) in [6.07, 6.45) is 0.501. The van der Waals surface area contributed by atoms with Gasteiger partial charge in [0.15, 0.2) is 0 Å². The molecule has 0 spiro atoms. The predicted octanol–water partition coefficient (Wildman–Crippen LogP) is 2.73. The lowest BCUT2D eigenvalue weighted by Crippen LogP contribution is -2.43. The van der Waals surface area contributed by atoms with Gasteiger partial charge in [-0.15, -0.1) is 0 Å². The number of hydrogen-bond acceptors (Lipinski definition) is 8. The Morgan fingerprint density at radius 3 is 2.29 bits per heavy atom. The maximum absolute atomic E-state index is 13.5. The van der Waals surface area contributed by atoms with Gasteiger partial charge in [0.2, 0.25) is 0 Å². The van der Waals surface area contributed by atoms with E-state index in [0.29, 0.717) is 42.6 Å². The van der Waals surface area contributed by atoms with Gasteiger partial charge < -0.3 is 23.7 Å². The van der Waals surface area contributed by atoms with Crippen LogP contribution in [-0.4, -0.2) is 82.8 Å². The van der Waals surface area contributed by atoms with Crippen LogP contribution >= 0.6 is 0 Å². The lowest BCUT2D eigenvalue weighted by molar-refractivity contribution is -0.135. The van der Waals surface area contributed by atoms with Crippen LogP contribution in [0.1, 0.15) is 23.6 Å². The molecule has 2 heterocycles. The molecule has 1 saturated heterocycles. The first-order chi connectivity index (χ1) is 16.6. The third kappa shape index (κ3) is 4.95. The number of ether oxygens (including phenoxy) is 5. The average Bonchev–Trinajstić information content (AvgIpc) is 3.33. The highest BCUT2D eigenvalue weighted by Crippen LogP contribution is 2.40. The Kier molecular flexibility index (Phi) is 7.54. The average molecular weight is 470 g/mol. The summed E-state index contributed by atoms with van der Waals surface area (Å²) in [6.45, 7) is 2.95. The third-order valence-corrected chi connectivity index (χ3v) is 6.14. The van der Waals surface area contributed by atoms with Crippen LogP contribution in [0.2, 0.25) is 0 Å². The van der Waals surface area contributed by atoms with Gasteiger partial charge in [-0.25, -0.2) is 5.01 Å². The van der Waals surface area contributed by atoms with Crippen LogP contribution in [0.3, 0.4) is 0 Å². The Balaban J connectivity index is 1.71. The molecule has 2 aliphatic heterocycles. The molecule has 1 atom stereocenters. The first kappa shape index (κ1) is 23.8. The van der Waals surface area contributed by atoms with E-state index >= 15 is 0 Å². The number of nitrogens with zero attached hydrogens (tertiary/aromatic N) is 3. The molecular weight excluding hydrogens is 438 g/mol. The summed E-state index contributed by atoms with van der Waals surface area (Å²) in [4.78, 5) is 15.6. The van der Waals surface area contributed by atoms with Crippen molar-refractivity contribution in [1.29, 1.82) is 0 Å². The Labute approximate surface area is 199 Å². The van der Waals surface area contributed by atoms with Crippen LogP contribution in [-0.2, 0) is 9.53 Å². The number of hydrazone groups is 1. The van der Waals surface area contributed by atoms with E-state index < -0.39 is 0 Å². The van der Waals surface area contributed by atoms with Gasteiger partial charge in [-0.2, -0.15) is 5.10 Å². The molecular formula is C25H31N3O6. The van der Waals surface area contributed by atoms with E-state index in [9.17, 15) is 4.79 Å². The van der Waals surface area contributed by atoms with Crippen molar-refractivity contribution in [1.82, 2.24) is 9.91 Å². The van der Waals surface area contributed by atoms with E-state index in [-0.39, 0.29) is 18.5 Å². The Hall–Kier alpha value is -3.30.